The number of amides is 1. The molecule has 0 saturated heterocycles. The lowest BCUT2D eigenvalue weighted by molar-refractivity contribution is -0.115. The van der Waals surface area contributed by atoms with E-state index in [-0.39, 0.29) is 17.2 Å². The second kappa shape index (κ2) is 9.42. The number of benzene rings is 3. The molecule has 1 aromatic heterocycles. The SMILES string of the molecule is Cc1cc(S(N)(=O)=O)cc(NC(=O)Cc2cn(-c3ccccc3)nc2-c2ccc(Cl)cc2)c1C. The molecule has 4 rings (SSSR count). The number of anilines is 1. The zero-order valence-corrected chi connectivity index (χ0v) is 20.2. The van der Waals surface area contributed by atoms with Crippen LogP contribution in [0.2, 0.25) is 5.02 Å². The molecule has 3 N–H and O–H groups in total. The third kappa shape index (κ3) is 5.20. The first-order chi connectivity index (χ1) is 16.1. The van der Waals surface area contributed by atoms with Gasteiger partial charge in [-0.3, -0.25) is 4.79 Å². The highest BCUT2D eigenvalue weighted by molar-refractivity contribution is 7.89. The predicted molar refractivity (Wildman–Crippen MR) is 134 cm³/mol. The average Bonchev–Trinajstić information content (AvgIpc) is 3.20. The molecule has 0 aliphatic rings. The smallest absolute Gasteiger partial charge is 0.238 e. The number of nitrogens with zero attached hydrogens (tertiary/aromatic N) is 2. The van der Waals surface area contributed by atoms with E-state index in [1.54, 1.807) is 23.7 Å². The van der Waals surface area contributed by atoms with Crippen LogP contribution in [0.4, 0.5) is 5.69 Å². The van der Waals surface area contributed by atoms with Crippen molar-refractivity contribution in [3.8, 4) is 16.9 Å². The molecule has 0 atom stereocenters. The van der Waals surface area contributed by atoms with Gasteiger partial charge >= 0.3 is 0 Å². The van der Waals surface area contributed by atoms with Gasteiger partial charge in [-0.15, -0.1) is 0 Å². The second-order valence-corrected chi connectivity index (χ2v) is 9.97. The van der Waals surface area contributed by atoms with Crippen LogP contribution in [0, 0.1) is 13.8 Å². The molecule has 0 aliphatic heterocycles. The lowest BCUT2D eigenvalue weighted by Gasteiger charge is -2.13. The first-order valence-electron chi connectivity index (χ1n) is 10.5. The molecule has 0 aliphatic carbocycles. The van der Waals surface area contributed by atoms with Gasteiger partial charge in [0.05, 0.1) is 22.7 Å². The van der Waals surface area contributed by atoms with E-state index in [0.29, 0.717) is 27.5 Å². The summed E-state index contributed by atoms with van der Waals surface area (Å²) in [5.74, 6) is -0.308. The van der Waals surface area contributed by atoms with Crippen LogP contribution >= 0.6 is 11.6 Å². The van der Waals surface area contributed by atoms with E-state index in [4.69, 9.17) is 21.8 Å². The lowest BCUT2D eigenvalue weighted by Crippen LogP contribution is -2.18. The molecular formula is C25H23ClN4O3S. The molecule has 7 nitrogen and oxygen atoms in total. The normalized spacial score (nSPS) is 11.4. The van der Waals surface area contributed by atoms with E-state index >= 15 is 0 Å². The van der Waals surface area contributed by atoms with Crippen molar-refractivity contribution in [1.29, 1.82) is 0 Å². The van der Waals surface area contributed by atoms with Crippen LogP contribution in [-0.2, 0) is 21.2 Å². The van der Waals surface area contributed by atoms with Crippen LogP contribution in [0.25, 0.3) is 16.9 Å². The Morgan fingerprint density at radius 2 is 1.74 bits per heavy atom. The summed E-state index contributed by atoms with van der Waals surface area (Å²) >= 11 is 6.05. The second-order valence-electron chi connectivity index (χ2n) is 7.97. The molecule has 1 heterocycles. The molecular weight excluding hydrogens is 472 g/mol. The molecule has 34 heavy (non-hydrogen) atoms. The number of para-hydroxylation sites is 1. The van der Waals surface area contributed by atoms with E-state index in [2.05, 4.69) is 5.32 Å². The molecule has 0 fully saturated rings. The molecule has 3 aromatic carbocycles. The van der Waals surface area contributed by atoms with Crippen LogP contribution in [0.3, 0.4) is 0 Å². The number of nitrogens with two attached hydrogens (primary N) is 1. The summed E-state index contributed by atoms with van der Waals surface area (Å²) in [5, 5.41) is 13.4. The maximum Gasteiger partial charge on any atom is 0.238 e. The summed E-state index contributed by atoms with van der Waals surface area (Å²) in [6.07, 6.45) is 1.85. The topological polar surface area (TPSA) is 107 Å². The number of aromatic nitrogens is 2. The summed E-state index contributed by atoms with van der Waals surface area (Å²) in [7, 11) is -3.91. The number of hydrogen-bond acceptors (Lipinski definition) is 4. The quantitative estimate of drug-likeness (QED) is 0.407. The van der Waals surface area contributed by atoms with Gasteiger partial charge in [0, 0.05) is 28.0 Å². The van der Waals surface area contributed by atoms with Gasteiger partial charge in [0.15, 0.2) is 0 Å². The summed E-state index contributed by atoms with van der Waals surface area (Å²) in [6, 6.07) is 19.7. The van der Waals surface area contributed by atoms with Crippen LogP contribution in [0.5, 0.6) is 0 Å². The molecule has 0 unspecified atom stereocenters. The van der Waals surface area contributed by atoms with E-state index < -0.39 is 10.0 Å². The molecule has 0 saturated carbocycles. The highest BCUT2D eigenvalue weighted by atomic mass is 35.5. The van der Waals surface area contributed by atoms with Gasteiger partial charge < -0.3 is 5.32 Å². The highest BCUT2D eigenvalue weighted by Gasteiger charge is 2.18. The summed E-state index contributed by atoms with van der Waals surface area (Å²) in [5.41, 5.74) is 4.92. The fraction of sp³-hybridized carbons (Fsp3) is 0.120. The Balaban J connectivity index is 1.68. The van der Waals surface area contributed by atoms with Crippen molar-refractivity contribution >= 4 is 33.2 Å². The predicted octanol–water partition coefficient (Wildman–Crippen LogP) is 4.64. The average molecular weight is 495 g/mol. The third-order valence-corrected chi connectivity index (χ3v) is 6.67. The van der Waals surface area contributed by atoms with E-state index in [9.17, 15) is 13.2 Å². The van der Waals surface area contributed by atoms with Gasteiger partial charge in [-0.05, 0) is 61.4 Å². The van der Waals surface area contributed by atoms with Crippen molar-refractivity contribution in [3.63, 3.8) is 0 Å². The number of hydrogen-bond donors (Lipinski definition) is 2. The Bertz CT molecular complexity index is 1460. The van der Waals surface area contributed by atoms with Gasteiger partial charge in [-0.25, -0.2) is 18.2 Å². The van der Waals surface area contributed by atoms with Gasteiger partial charge in [0.25, 0.3) is 0 Å². The van der Waals surface area contributed by atoms with Gasteiger partial charge in [0.2, 0.25) is 15.9 Å². The summed E-state index contributed by atoms with van der Waals surface area (Å²) in [6.45, 7) is 3.58. The van der Waals surface area contributed by atoms with Gasteiger partial charge in [-0.2, -0.15) is 5.10 Å². The number of rotatable bonds is 6. The largest absolute Gasteiger partial charge is 0.326 e. The maximum absolute atomic E-state index is 13.0. The van der Waals surface area contributed by atoms with Crippen molar-refractivity contribution in [3.05, 3.63) is 94.6 Å². The molecule has 0 radical (unpaired) electrons. The van der Waals surface area contributed by atoms with Crippen LogP contribution in [-0.4, -0.2) is 24.1 Å². The number of carbonyl (C=O) groups excluding carboxylic acids is 1. The maximum atomic E-state index is 13.0. The zero-order valence-electron chi connectivity index (χ0n) is 18.6. The van der Waals surface area contributed by atoms with Crippen molar-refractivity contribution in [1.82, 2.24) is 9.78 Å². The first kappa shape index (κ1) is 23.7. The molecule has 9 heteroatoms. The first-order valence-corrected chi connectivity index (χ1v) is 12.4. The third-order valence-electron chi connectivity index (χ3n) is 5.52. The van der Waals surface area contributed by atoms with E-state index in [1.165, 1.54) is 12.1 Å². The zero-order chi connectivity index (χ0) is 24.5. The molecule has 0 bridgehead atoms. The van der Waals surface area contributed by atoms with Crippen molar-refractivity contribution in [2.45, 2.75) is 25.2 Å². The molecule has 174 valence electrons. The highest BCUT2D eigenvalue weighted by Crippen LogP contribution is 2.27. The Hall–Kier alpha value is -3.46. The van der Waals surface area contributed by atoms with Crippen LogP contribution in [0.15, 0.2) is 77.8 Å². The number of aryl methyl sites for hydroxylation is 1. The lowest BCUT2D eigenvalue weighted by atomic mass is 10.1. The minimum Gasteiger partial charge on any atom is -0.326 e. The number of primary sulfonamides is 1. The molecule has 0 spiro atoms. The van der Waals surface area contributed by atoms with Crippen LogP contribution < -0.4 is 10.5 Å². The number of sulfonamides is 1. The number of halogens is 1. The Kier molecular flexibility index (Phi) is 6.56. The monoisotopic (exact) mass is 494 g/mol. The van der Waals surface area contributed by atoms with Crippen LogP contribution in [0.1, 0.15) is 16.7 Å². The minimum absolute atomic E-state index is 0.0306. The van der Waals surface area contributed by atoms with Crippen molar-refractivity contribution in [2.75, 3.05) is 5.32 Å². The van der Waals surface area contributed by atoms with Crippen molar-refractivity contribution < 1.29 is 13.2 Å². The Morgan fingerprint density at radius 3 is 2.38 bits per heavy atom. The summed E-state index contributed by atoms with van der Waals surface area (Å²) in [4.78, 5) is 13.0. The van der Waals surface area contributed by atoms with E-state index in [0.717, 1.165) is 16.8 Å². The van der Waals surface area contributed by atoms with E-state index in [1.807, 2.05) is 55.6 Å². The standard InChI is InChI=1S/C25H23ClN4O3S/c1-16-12-22(34(27,32)33)14-23(17(16)2)28-24(31)13-19-15-30(21-6-4-3-5-7-21)29-25(19)18-8-10-20(26)11-9-18/h3-12,14-15H,13H2,1-2H3,(H,28,31)(H2,27,32,33). The fourth-order valence-electron chi connectivity index (χ4n) is 3.59. The summed E-state index contributed by atoms with van der Waals surface area (Å²) < 4.78 is 25.4. The molecule has 4 aromatic rings. The Labute approximate surface area is 203 Å². The Morgan fingerprint density at radius 1 is 1.06 bits per heavy atom. The van der Waals surface area contributed by atoms with Crippen molar-refractivity contribution in [2.24, 2.45) is 5.14 Å². The number of nitrogens with one attached hydrogen (secondary N) is 1. The number of carbonyl (C=O) groups is 1. The van der Waals surface area contributed by atoms with Gasteiger partial charge in [0.1, 0.15) is 0 Å². The molecule has 1 amide bonds. The minimum atomic E-state index is -3.91. The fourth-order valence-corrected chi connectivity index (χ4v) is 4.34. The van der Waals surface area contributed by atoms with Gasteiger partial charge in [-0.1, -0.05) is 41.9 Å².